The van der Waals surface area contributed by atoms with Gasteiger partial charge in [-0.2, -0.15) is 0 Å². The molecule has 1 rings (SSSR count). The first-order valence-corrected chi connectivity index (χ1v) is 4.79. The average Bonchev–Trinajstić information content (AvgIpc) is 2.21. The highest BCUT2D eigenvalue weighted by Crippen LogP contribution is 1.94. The summed E-state index contributed by atoms with van der Waals surface area (Å²) >= 11 is 0. The highest BCUT2D eigenvalue weighted by Gasteiger charge is 1.80. The molecule has 0 spiro atoms. The predicted molar refractivity (Wildman–Crippen MR) is 58.3 cm³/mol. The molecule has 74 valence electrons. The van der Waals surface area contributed by atoms with Gasteiger partial charge in [-0.1, -0.05) is 43.7 Å². The molecule has 4 N–H and O–H groups in total. The molecule has 0 radical (unpaired) electrons. The predicted octanol–water partition coefficient (Wildman–Crippen LogP) is 1.89. The van der Waals surface area contributed by atoms with E-state index in [0.29, 0.717) is 6.54 Å². The van der Waals surface area contributed by atoms with E-state index in [4.69, 9.17) is 11.5 Å². The molecule has 0 bridgehead atoms. The van der Waals surface area contributed by atoms with Crippen molar-refractivity contribution >= 4 is 0 Å². The topological polar surface area (TPSA) is 52.0 Å². The minimum Gasteiger partial charge on any atom is -0.330 e. The molecule has 0 aliphatic heterocycles. The Morgan fingerprint density at radius 2 is 1.69 bits per heavy atom. The normalized spacial score (nSPS) is 8.85. The summed E-state index contributed by atoms with van der Waals surface area (Å²) in [5.74, 6) is 0. The highest BCUT2D eigenvalue weighted by molar-refractivity contribution is 5.13. The van der Waals surface area contributed by atoms with Gasteiger partial charge in [-0.25, -0.2) is 0 Å². The molecule has 0 aliphatic rings. The maximum atomic E-state index is 5.35. The van der Waals surface area contributed by atoms with Gasteiger partial charge < -0.3 is 11.5 Å². The first-order valence-electron chi connectivity index (χ1n) is 4.79. The van der Waals surface area contributed by atoms with Gasteiger partial charge in [0, 0.05) is 6.54 Å². The third-order valence-electron chi connectivity index (χ3n) is 1.64. The van der Waals surface area contributed by atoms with Crippen molar-refractivity contribution in [3.8, 4) is 0 Å². The van der Waals surface area contributed by atoms with E-state index >= 15 is 0 Å². The van der Waals surface area contributed by atoms with Crippen molar-refractivity contribution in [2.75, 3.05) is 6.54 Å². The van der Waals surface area contributed by atoms with E-state index in [0.717, 1.165) is 6.54 Å². The van der Waals surface area contributed by atoms with Crippen LogP contribution in [0.5, 0.6) is 0 Å². The van der Waals surface area contributed by atoms with Gasteiger partial charge >= 0.3 is 0 Å². The van der Waals surface area contributed by atoms with Crippen molar-refractivity contribution < 1.29 is 0 Å². The summed E-state index contributed by atoms with van der Waals surface area (Å²) in [7, 11) is 0. The monoisotopic (exact) mass is 180 g/mol. The number of benzene rings is 1. The van der Waals surface area contributed by atoms with E-state index in [9.17, 15) is 0 Å². The van der Waals surface area contributed by atoms with Crippen LogP contribution in [0.3, 0.4) is 0 Å². The molecule has 0 aromatic heterocycles. The molecule has 2 nitrogen and oxygen atoms in total. The van der Waals surface area contributed by atoms with Crippen molar-refractivity contribution in [3.05, 3.63) is 35.9 Å². The maximum Gasteiger partial charge on any atom is 0.0178 e. The molecule has 0 heterocycles. The van der Waals surface area contributed by atoms with Crippen LogP contribution in [0.1, 0.15) is 25.3 Å². The molecular formula is C11H20N2. The summed E-state index contributed by atoms with van der Waals surface area (Å²) in [5.41, 5.74) is 11.7. The molecule has 0 amide bonds. The first-order chi connectivity index (χ1) is 6.35. The van der Waals surface area contributed by atoms with Crippen LogP contribution in [-0.2, 0) is 6.54 Å². The van der Waals surface area contributed by atoms with Crippen molar-refractivity contribution in [1.29, 1.82) is 0 Å². The second-order valence-electron chi connectivity index (χ2n) is 2.83. The Bertz CT molecular complexity index is 183. The summed E-state index contributed by atoms with van der Waals surface area (Å²) in [5, 5.41) is 0. The van der Waals surface area contributed by atoms with Crippen LogP contribution >= 0.6 is 0 Å². The summed E-state index contributed by atoms with van der Waals surface area (Å²) in [4.78, 5) is 0. The molecule has 0 aliphatic carbocycles. The maximum absolute atomic E-state index is 5.35. The van der Waals surface area contributed by atoms with Crippen LogP contribution in [0.2, 0.25) is 0 Å². The lowest BCUT2D eigenvalue weighted by Gasteiger charge is -1.90. The van der Waals surface area contributed by atoms with Crippen LogP contribution < -0.4 is 11.5 Å². The Kier molecular flexibility index (Phi) is 8.62. The number of unbranched alkanes of at least 4 members (excludes halogenated alkanes) is 1. The SMILES string of the molecule is CCCCN.NCc1ccccc1. The molecular weight excluding hydrogens is 160 g/mol. The molecule has 0 unspecified atom stereocenters. The fraction of sp³-hybridized carbons (Fsp3) is 0.455. The smallest absolute Gasteiger partial charge is 0.0178 e. The van der Waals surface area contributed by atoms with Crippen LogP contribution in [0.4, 0.5) is 0 Å². The Morgan fingerprint density at radius 3 is 1.92 bits per heavy atom. The first kappa shape index (κ1) is 12.1. The summed E-state index contributed by atoms with van der Waals surface area (Å²) < 4.78 is 0. The zero-order chi connectivity index (χ0) is 9.94. The zero-order valence-corrected chi connectivity index (χ0v) is 8.37. The van der Waals surface area contributed by atoms with E-state index in [1.165, 1.54) is 18.4 Å². The second kappa shape index (κ2) is 9.23. The Balaban J connectivity index is 0.000000252. The molecule has 0 fully saturated rings. The van der Waals surface area contributed by atoms with Gasteiger partial charge in [0.2, 0.25) is 0 Å². The third-order valence-corrected chi connectivity index (χ3v) is 1.64. The largest absolute Gasteiger partial charge is 0.330 e. The molecule has 13 heavy (non-hydrogen) atoms. The van der Waals surface area contributed by atoms with Gasteiger partial charge in [-0.3, -0.25) is 0 Å². The lowest BCUT2D eigenvalue weighted by molar-refractivity contribution is 0.807. The van der Waals surface area contributed by atoms with Gasteiger partial charge in [0.1, 0.15) is 0 Å². The van der Waals surface area contributed by atoms with Gasteiger partial charge in [0.05, 0.1) is 0 Å². The Labute approximate surface area is 80.9 Å². The van der Waals surface area contributed by atoms with Crippen LogP contribution in [0, 0.1) is 0 Å². The Morgan fingerprint density at radius 1 is 1.08 bits per heavy atom. The molecule has 1 aromatic carbocycles. The van der Waals surface area contributed by atoms with Crippen molar-refractivity contribution in [2.24, 2.45) is 11.5 Å². The van der Waals surface area contributed by atoms with E-state index in [2.05, 4.69) is 6.92 Å². The standard InChI is InChI=1S/C7H9N.C4H11N/c8-6-7-4-2-1-3-5-7;1-2-3-4-5/h1-5H,6,8H2;2-5H2,1H3. The van der Waals surface area contributed by atoms with E-state index < -0.39 is 0 Å². The number of rotatable bonds is 3. The van der Waals surface area contributed by atoms with Crippen LogP contribution in [0.15, 0.2) is 30.3 Å². The highest BCUT2D eigenvalue weighted by atomic mass is 14.5. The summed E-state index contributed by atoms with van der Waals surface area (Å²) in [6, 6.07) is 9.99. The van der Waals surface area contributed by atoms with E-state index in [-0.39, 0.29) is 0 Å². The lowest BCUT2D eigenvalue weighted by Crippen LogP contribution is -1.95. The number of hydrogen-bond acceptors (Lipinski definition) is 2. The number of nitrogens with two attached hydrogens (primary N) is 2. The van der Waals surface area contributed by atoms with Gasteiger partial charge in [-0.15, -0.1) is 0 Å². The second-order valence-corrected chi connectivity index (χ2v) is 2.83. The third kappa shape index (κ3) is 7.50. The van der Waals surface area contributed by atoms with Crippen LogP contribution in [0.25, 0.3) is 0 Å². The molecule has 1 aromatic rings. The van der Waals surface area contributed by atoms with Crippen molar-refractivity contribution in [2.45, 2.75) is 26.3 Å². The lowest BCUT2D eigenvalue weighted by atomic mass is 10.2. The minimum absolute atomic E-state index is 0.640. The Hall–Kier alpha value is -0.860. The summed E-state index contributed by atoms with van der Waals surface area (Å²) in [6.45, 7) is 3.62. The molecule has 0 saturated heterocycles. The summed E-state index contributed by atoms with van der Waals surface area (Å²) in [6.07, 6.45) is 2.39. The van der Waals surface area contributed by atoms with Crippen molar-refractivity contribution in [3.63, 3.8) is 0 Å². The van der Waals surface area contributed by atoms with E-state index in [1.54, 1.807) is 0 Å². The number of hydrogen-bond donors (Lipinski definition) is 2. The van der Waals surface area contributed by atoms with Gasteiger partial charge in [0.25, 0.3) is 0 Å². The molecule has 0 saturated carbocycles. The van der Waals surface area contributed by atoms with E-state index in [1.807, 2.05) is 30.3 Å². The van der Waals surface area contributed by atoms with Gasteiger partial charge in [-0.05, 0) is 18.5 Å². The zero-order valence-electron chi connectivity index (χ0n) is 8.37. The van der Waals surface area contributed by atoms with Crippen molar-refractivity contribution in [1.82, 2.24) is 0 Å². The molecule has 2 heteroatoms. The average molecular weight is 180 g/mol. The minimum atomic E-state index is 0.640. The fourth-order valence-corrected chi connectivity index (χ4v) is 0.818. The molecule has 0 atom stereocenters. The van der Waals surface area contributed by atoms with Gasteiger partial charge in [0.15, 0.2) is 0 Å². The quantitative estimate of drug-likeness (QED) is 0.746. The fourth-order valence-electron chi connectivity index (χ4n) is 0.818. The van der Waals surface area contributed by atoms with Crippen LogP contribution in [-0.4, -0.2) is 6.54 Å².